The first kappa shape index (κ1) is 23.9. The fourth-order valence-electron chi connectivity index (χ4n) is 3.21. The molecule has 1 N–H and O–H groups in total. The van der Waals surface area contributed by atoms with E-state index in [9.17, 15) is 9.59 Å². The highest BCUT2D eigenvalue weighted by atomic mass is 16.5. The van der Waals surface area contributed by atoms with Crippen molar-refractivity contribution < 1.29 is 23.8 Å². The summed E-state index contributed by atoms with van der Waals surface area (Å²) in [6.45, 7) is 2.18. The van der Waals surface area contributed by atoms with Crippen molar-refractivity contribution in [2.24, 2.45) is 0 Å². The van der Waals surface area contributed by atoms with Crippen LogP contribution in [0.5, 0.6) is 11.5 Å². The summed E-state index contributed by atoms with van der Waals surface area (Å²) in [6.07, 6.45) is 1.66. The third kappa shape index (κ3) is 8.33. The van der Waals surface area contributed by atoms with Crippen LogP contribution in [0.4, 0.5) is 0 Å². The number of amides is 1. The monoisotopic (exact) mass is 447 g/mol. The minimum Gasteiger partial charge on any atom is -0.490 e. The van der Waals surface area contributed by atoms with Crippen LogP contribution < -0.4 is 14.8 Å². The van der Waals surface area contributed by atoms with Crippen molar-refractivity contribution >= 4 is 11.9 Å². The van der Waals surface area contributed by atoms with Crippen molar-refractivity contribution in [1.29, 1.82) is 0 Å². The lowest BCUT2D eigenvalue weighted by Gasteiger charge is -2.15. The van der Waals surface area contributed by atoms with E-state index in [1.807, 2.05) is 55.5 Å². The standard InChI is InChI=1S/C27H29NO5/c1-21(16-17-22-10-4-2-5-11-22)28-26(29)20-33-27(30)24-14-8-9-15-25(24)32-19-18-31-23-12-6-3-7-13-23/h2-15,21H,16-20H2,1H3,(H,28,29). The van der Waals surface area contributed by atoms with Crippen LogP contribution in [-0.2, 0) is 16.0 Å². The van der Waals surface area contributed by atoms with Crippen LogP contribution in [0.1, 0.15) is 29.3 Å². The number of hydrogen-bond acceptors (Lipinski definition) is 5. The summed E-state index contributed by atoms with van der Waals surface area (Å²) in [4.78, 5) is 24.7. The lowest BCUT2D eigenvalue weighted by Crippen LogP contribution is -2.36. The summed E-state index contributed by atoms with van der Waals surface area (Å²) in [7, 11) is 0. The second-order valence-electron chi connectivity index (χ2n) is 7.58. The minimum atomic E-state index is -0.610. The molecular formula is C27H29NO5. The number of para-hydroxylation sites is 2. The third-order valence-electron chi connectivity index (χ3n) is 4.91. The van der Waals surface area contributed by atoms with Gasteiger partial charge in [-0.15, -0.1) is 0 Å². The zero-order valence-electron chi connectivity index (χ0n) is 18.7. The topological polar surface area (TPSA) is 73.9 Å². The lowest BCUT2D eigenvalue weighted by molar-refractivity contribution is -0.124. The summed E-state index contributed by atoms with van der Waals surface area (Å²) in [5, 5.41) is 2.87. The molecule has 0 spiro atoms. The highest BCUT2D eigenvalue weighted by Gasteiger charge is 2.16. The summed E-state index contributed by atoms with van der Waals surface area (Å²) in [5.74, 6) is 0.189. The van der Waals surface area contributed by atoms with E-state index in [1.165, 1.54) is 5.56 Å². The van der Waals surface area contributed by atoms with Gasteiger partial charge in [0, 0.05) is 6.04 Å². The number of ether oxygens (including phenoxy) is 3. The largest absolute Gasteiger partial charge is 0.490 e. The fraction of sp³-hybridized carbons (Fsp3) is 0.259. The van der Waals surface area contributed by atoms with Crippen LogP contribution in [0.2, 0.25) is 0 Å². The van der Waals surface area contributed by atoms with Crippen molar-refractivity contribution in [2.75, 3.05) is 19.8 Å². The van der Waals surface area contributed by atoms with Gasteiger partial charge in [0.25, 0.3) is 5.91 Å². The van der Waals surface area contributed by atoms with E-state index in [1.54, 1.807) is 24.3 Å². The Hall–Kier alpha value is -3.80. The predicted octanol–water partition coefficient (Wildman–Crippen LogP) is 4.44. The Morgan fingerprint density at radius 2 is 1.45 bits per heavy atom. The molecule has 1 atom stereocenters. The molecule has 6 heteroatoms. The van der Waals surface area contributed by atoms with Crippen molar-refractivity contribution in [1.82, 2.24) is 5.32 Å². The Balaban J connectivity index is 1.40. The van der Waals surface area contributed by atoms with E-state index < -0.39 is 5.97 Å². The molecule has 0 heterocycles. The molecule has 0 bridgehead atoms. The second kappa shape index (κ2) is 12.9. The molecule has 0 saturated heterocycles. The van der Waals surface area contributed by atoms with Crippen LogP contribution in [-0.4, -0.2) is 37.7 Å². The molecule has 0 aliphatic rings. The normalized spacial score (nSPS) is 11.3. The van der Waals surface area contributed by atoms with Crippen molar-refractivity contribution in [3.8, 4) is 11.5 Å². The number of nitrogens with one attached hydrogen (secondary N) is 1. The summed E-state index contributed by atoms with van der Waals surface area (Å²) in [5.41, 5.74) is 1.48. The first-order valence-corrected chi connectivity index (χ1v) is 11.0. The molecule has 0 aliphatic carbocycles. The van der Waals surface area contributed by atoms with Gasteiger partial charge in [-0.05, 0) is 49.6 Å². The Morgan fingerprint density at radius 1 is 0.818 bits per heavy atom. The average molecular weight is 448 g/mol. The van der Waals surface area contributed by atoms with E-state index in [-0.39, 0.29) is 30.7 Å². The highest BCUT2D eigenvalue weighted by molar-refractivity contribution is 5.94. The van der Waals surface area contributed by atoms with E-state index in [0.29, 0.717) is 12.4 Å². The van der Waals surface area contributed by atoms with Crippen molar-refractivity contribution in [2.45, 2.75) is 25.8 Å². The van der Waals surface area contributed by atoms with E-state index in [0.717, 1.165) is 18.6 Å². The molecule has 0 saturated carbocycles. The van der Waals surface area contributed by atoms with Gasteiger partial charge in [-0.3, -0.25) is 4.79 Å². The van der Waals surface area contributed by atoms with Gasteiger partial charge < -0.3 is 19.5 Å². The van der Waals surface area contributed by atoms with Crippen molar-refractivity contribution in [3.05, 3.63) is 96.1 Å². The molecule has 172 valence electrons. The Bertz CT molecular complexity index is 1010. The predicted molar refractivity (Wildman–Crippen MR) is 127 cm³/mol. The number of rotatable bonds is 12. The van der Waals surface area contributed by atoms with Gasteiger partial charge in [-0.25, -0.2) is 4.79 Å². The molecule has 33 heavy (non-hydrogen) atoms. The molecular weight excluding hydrogens is 418 g/mol. The molecule has 6 nitrogen and oxygen atoms in total. The van der Waals surface area contributed by atoms with Gasteiger partial charge in [0.2, 0.25) is 0 Å². The second-order valence-corrected chi connectivity index (χ2v) is 7.58. The van der Waals surface area contributed by atoms with Crippen LogP contribution >= 0.6 is 0 Å². The maximum Gasteiger partial charge on any atom is 0.342 e. The van der Waals surface area contributed by atoms with E-state index in [4.69, 9.17) is 14.2 Å². The fourth-order valence-corrected chi connectivity index (χ4v) is 3.21. The van der Waals surface area contributed by atoms with Crippen LogP contribution in [0.15, 0.2) is 84.9 Å². The molecule has 0 fully saturated rings. The van der Waals surface area contributed by atoms with Gasteiger partial charge in [0.15, 0.2) is 6.61 Å². The smallest absolute Gasteiger partial charge is 0.342 e. The zero-order chi connectivity index (χ0) is 23.3. The number of benzene rings is 3. The van der Waals surface area contributed by atoms with Gasteiger partial charge in [-0.1, -0.05) is 60.7 Å². The van der Waals surface area contributed by atoms with Gasteiger partial charge >= 0.3 is 5.97 Å². The van der Waals surface area contributed by atoms with Gasteiger partial charge in [0.1, 0.15) is 30.3 Å². The minimum absolute atomic E-state index is 0.0309. The van der Waals surface area contributed by atoms with Crippen molar-refractivity contribution in [3.63, 3.8) is 0 Å². The average Bonchev–Trinajstić information content (AvgIpc) is 2.85. The van der Waals surface area contributed by atoms with Crippen LogP contribution in [0.25, 0.3) is 0 Å². The zero-order valence-corrected chi connectivity index (χ0v) is 18.7. The highest BCUT2D eigenvalue weighted by Crippen LogP contribution is 2.19. The Morgan fingerprint density at radius 3 is 2.21 bits per heavy atom. The Kier molecular flexibility index (Phi) is 9.33. The molecule has 3 aromatic carbocycles. The number of aryl methyl sites for hydroxylation is 1. The summed E-state index contributed by atoms with van der Waals surface area (Å²) in [6, 6.07) is 26.3. The Labute approximate surface area is 194 Å². The quantitative estimate of drug-likeness (QED) is 0.328. The van der Waals surface area contributed by atoms with Gasteiger partial charge in [0.05, 0.1) is 0 Å². The molecule has 0 aromatic heterocycles. The molecule has 0 radical (unpaired) electrons. The van der Waals surface area contributed by atoms with Gasteiger partial charge in [-0.2, -0.15) is 0 Å². The molecule has 3 aromatic rings. The number of carbonyl (C=O) groups is 2. The maximum absolute atomic E-state index is 12.5. The number of carbonyl (C=O) groups excluding carboxylic acids is 2. The number of hydrogen-bond donors (Lipinski definition) is 1. The number of esters is 1. The molecule has 1 amide bonds. The SMILES string of the molecule is CC(CCc1ccccc1)NC(=O)COC(=O)c1ccccc1OCCOc1ccccc1. The first-order chi connectivity index (χ1) is 16.1. The summed E-state index contributed by atoms with van der Waals surface area (Å²) < 4.78 is 16.5. The van der Waals surface area contributed by atoms with E-state index >= 15 is 0 Å². The molecule has 3 rings (SSSR count). The first-order valence-electron chi connectivity index (χ1n) is 11.0. The lowest BCUT2D eigenvalue weighted by atomic mass is 10.1. The third-order valence-corrected chi connectivity index (χ3v) is 4.91. The van der Waals surface area contributed by atoms with Crippen LogP contribution in [0, 0.1) is 0 Å². The van der Waals surface area contributed by atoms with E-state index in [2.05, 4.69) is 17.4 Å². The summed E-state index contributed by atoms with van der Waals surface area (Å²) >= 11 is 0. The van der Waals surface area contributed by atoms with Crippen LogP contribution in [0.3, 0.4) is 0 Å². The maximum atomic E-state index is 12.5. The molecule has 1 unspecified atom stereocenters. The molecule has 0 aliphatic heterocycles.